The number of carbonyl (C=O) groups is 1. The van der Waals surface area contributed by atoms with E-state index in [2.05, 4.69) is 34.6 Å². The van der Waals surface area contributed by atoms with Crippen molar-refractivity contribution in [3.05, 3.63) is 9.16 Å². The van der Waals surface area contributed by atoms with Crippen LogP contribution in [-0.2, 0) is 4.79 Å². The second-order valence-electron chi connectivity index (χ2n) is 7.60. The quantitative estimate of drug-likeness (QED) is 0.211. The number of unbranched alkanes of at least 4 members (excludes halogenated alkanes) is 4. The Bertz CT molecular complexity index is 352. The third kappa shape index (κ3) is 9.48. The molecule has 0 bridgehead atoms. The molecular weight excluding hydrogens is 403 g/mol. The first kappa shape index (κ1) is 24.0. The standard InChI is InChI=1S/C9H15O2.3C4H9.Sn/c1-3-8(2)6-4-5-7-9(10)11;3*1-3-4-2;/h4-7H2,1-2H3,(H,10,11);3*1,3-4H2,2H3;. The van der Waals surface area contributed by atoms with Gasteiger partial charge in [-0.25, -0.2) is 0 Å². The van der Waals surface area contributed by atoms with Gasteiger partial charge in [-0.15, -0.1) is 0 Å². The van der Waals surface area contributed by atoms with Crippen LogP contribution in [0.2, 0.25) is 13.3 Å². The fraction of sp³-hybridized carbons (Fsp3) is 0.857. The zero-order chi connectivity index (χ0) is 18.4. The van der Waals surface area contributed by atoms with Crippen LogP contribution in [0, 0.1) is 0 Å². The van der Waals surface area contributed by atoms with Crippen molar-refractivity contribution in [3.63, 3.8) is 0 Å². The maximum absolute atomic E-state index is 10.7. The third-order valence-electron chi connectivity index (χ3n) is 5.65. The van der Waals surface area contributed by atoms with E-state index in [1.165, 1.54) is 51.8 Å². The molecule has 0 atom stereocenters. The minimum atomic E-state index is -2.23. The second kappa shape index (κ2) is 14.2. The predicted molar refractivity (Wildman–Crippen MR) is 109 cm³/mol. The van der Waals surface area contributed by atoms with E-state index >= 15 is 0 Å². The Morgan fingerprint density at radius 2 is 1.17 bits per heavy atom. The van der Waals surface area contributed by atoms with Crippen molar-refractivity contribution in [2.24, 2.45) is 0 Å². The van der Waals surface area contributed by atoms with Gasteiger partial charge in [-0.3, -0.25) is 0 Å². The summed E-state index contributed by atoms with van der Waals surface area (Å²) in [4.78, 5) is 10.7. The van der Waals surface area contributed by atoms with Gasteiger partial charge in [0.25, 0.3) is 0 Å². The zero-order valence-corrected chi connectivity index (χ0v) is 19.9. The van der Waals surface area contributed by atoms with Crippen molar-refractivity contribution in [2.75, 3.05) is 0 Å². The molecule has 142 valence electrons. The summed E-state index contributed by atoms with van der Waals surface area (Å²) in [6, 6.07) is 0. The summed E-state index contributed by atoms with van der Waals surface area (Å²) in [7, 11) is 0. The number of hydrogen-bond acceptors (Lipinski definition) is 1. The summed E-state index contributed by atoms with van der Waals surface area (Å²) < 4.78 is 6.42. The first-order chi connectivity index (χ1) is 11.4. The molecule has 24 heavy (non-hydrogen) atoms. The second-order valence-corrected chi connectivity index (χ2v) is 21.3. The molecule has 0 saturated heterocycles. The van der Waals surface area contributed by atoms with E-state index in [1.54, 1.807) is 5.57 Å². The van der Waals surface area contributed by atoms with Gasteiger partial charge in [0.1, 0.15) is 0 Å². The Labute approximate surface area is 155 Å². The average molecular weight is 445 g/mol. The fourth-order valence-electron chi connectivity index (χ4n) is 3.79. The molecule has 0 unspecified atom stereocenters. The maximum atomic E-state index is 10.7. The molecule has 0 aromatic heterocycles. The van der Waals surface area contributed by atoms with Crippen LogP contribution in [-0.4, -0.2) is 29.5 Å². The van der Waals surface area contributed by atoms with Gasteiger partial charge >= 0.3 is 156 Å². The van der Waals surface area contributed by atoms with Crippen molar-refractivity contribution in [2.45, 2.75) is 112 Å². The molecule has 0 aliphatic carbocycles. The van der Waals surface area contributed by atoms with Crippen LogP contribution < -0.4 is 0 Å². The first-order valence-corrected chi connectivity index (χ1v) is 17.8. The minimum absolute atomic E-state index is 0.322. The van der Waals surface area contributed by atoms with Gasteiger partial charge in [-0.05, 0) is 0 Å². The van der Waals surface area contributed by atoms with E-state index in [9.17, 15) is 4.79 Å². The van der Waals surface area contributed by atoms with Gasteiger partial charge in [0.05, 0.1) is 0 Å². The van der Waals surface area contributed by atoms with Gasteiger partial charge in [0.15, 0.2) is 0 Å². The zero-order valence-electron chi connectivity index (χ0n) is 17.0. The van der Waals surface area contributed by atoms with E-state index in [0.29, 0.717) is 6.42 Å². The van der Waals surface area contributed by atoms with Crippen LogP contribution in [0.25, 0.3) is 0 Å². The third-order valence-corrected chi connectivity index (χ3v) is 22.6. The predicted octanol–water partition coefficient (Wildman–Crippen LogP) is 7.36. The number of aliphatic carboxylic acids is 1. The van der Waals surface area contributed by atoms with Gasteiger partial charge in [-0.2, -0.15) is 0 Å². The number of rotatable bonds is 15. The first-order valence-electron chi connectivity index (χ1n) is 10.3. The molecule has 0 fully saturated rings. The normalized spacial score (nSPS) is 13.0. The molecule has 0 rings (SSSR count). The van der Waals surface area contributed by atoms with Gasteiger partial charge in [0, 0.05) is 0 Å². The number of carboxylic acid groups (broad SMARTS) is 1. The fourth-order valence-corrected chi connectivity index (χ4v) is 20.9. The van der Waals surface area contributed by atoms with Crippen molar-refractivity contribution in [1.82, 2.24) is 0 Å². The van der Waals surface area contributed by atoms with Crippen LogP contribution in [0.15, 0.2) is 9.16 Å². The average Bonchev–Trinajstić information content (AvgIpc) is 2.57. The van der Waals surface area contributed by atoms with Crippen LogP contribution in [0.4, 0.5) is 0 Å². The Hall–Kier alpha value is 0.00870. The van der Waals surface area contributed by atoms with E-state index in [0.717, 1.165) is 19.3 Å². The number of allylic oxidation sites excluding steroid dienone is 2. The molecule has 0 aromatic rings. The Morgan fingerprint density at radius 3 is 1.54 bits per heavy atom. The van der Waals surface area contributed by atoms with Gasteiger partial charge in [-0.1, -0.05) is 0 Å². The molecule has 0 aliphatic rings. The number of hydrogen-bond donors (Lipinski definition) is 1. The van der Waals surface area contributed by atoms with E-state index in [1.807, 2.05) is 3.59 Å². The molecule has 0 aromatic carbocycles. The molecule has 0 saturated carbocycles. The Morgan fingerprint density at radius 1 is 0.750 bits per heavy atom. The SMILES string of the molecule is CCC[CH2][Sn]([CH2]CCC)([CH2]CCC)[C](C)=C(C)CCCCC(=O)O. The molecule has 0 spiro atoms. The molecule has 0 heterocycles. The topological polar surface area (TPSA) is 37.3 Å². The van der Waals surface area contributed by atoms with Crippen LogP contribution in [0.1, 0.15) is 98.8 Å². The molecule has 1 N–H and O–H groups in total. The van der Waals surface area contributed by atoms with Crippen LogP contribution in [0.3, 0.4) is 0 Å². The van der Waals surface area contributed by atoms with Crippen LogP contribution >= 0.6 is 0 Å². The van der Waals surface area contributed by atoms with Gasteiger partial charge in [0.2, 0.25) is 0 Å². The molecule has 0 amide bonds. The summed E-state index contributed by atoms with van der Waals surface area (Å²) in [6.45, 7) is 11.8. The van der Waals surface area contributed by atoms with E-state index in [4.69, 9.17) is 5.11 Å². The molecule has 3 heteroatoms. The van der Waals surface area contributed by atoms with Crippen molar-refractivity contribution in [1.29, 1.82) is 0 Å². The molecule has 2 nitrogen and oxygen atoms in total. The summed E-state index contributed by atoms with van der Waals surface area (Å²) >= 11 is -2.23. The summed E-state index contributed by atoms with van der Waals surface area (Å²) in [6.07, 6.45) is 11.5. The van der Waals surface area contributed by atoms with Gasteiger partial charge < -0.3 is 0 Å². The molecule has 0 aliphatic heterocycles. The number of carboxylic acids is 1. The Kier molecular flexibility index (Phi) is 14.2. The summed E-state index contributed by atoms with van der Waals surface area (Å²) in [5.74, 6) is -0.657. The van der Waals surface area contributed by atoms with Crippen molar-refractivity contribution < 1.29 is 9.90 Å². The molecular formula is C21H42O2Sn. The van der Waals surface area contributed by atoms with E-state index in [-0.39, 0.29) is 0 Å². The summed E-state index contributed by atoms with van der Waals surface area (Å²) in [5, 5.41) is 8.81. The van der Waals surface area contributed by atoms with Crippen molar-refractivity contribution >= 4 is 24.3 Å². The van der Waals surface area contributed by atoms with Crippen molar-refractivity contribution in [3.8, 4) is 0 Å². The monoisotopic (exact) mass is 446 g/mol. The summed E-state index contributed by atoms with van der Waals surface area (Å²) in [5.41, 5.74) is 1.61. The van der Waals surface area contributed by atoms with Crippen LogP contribution in [0.5, 0.6) is 0 Å². The Balaban J connectivity index is 5.13. The molecule has 0 radical (unpaired) electrons. The van der Waals surface area contributed by atoms with E-state index < -0.39 is 24.3 Å².